The van der Waals surface area contributed by atoms with Crippen molar-refractivity contribution < 1.29 is 19.1 Å². The monoisotopic (exact) mass is 465 g/mol. The van der Waals surface area contributed by atoms with Gasteiger partial charge in [0.2, 0.25) is 17.7 Å². The Kier molecular flexibility index (Phi) is 4.27. The van der Waals surface area contributed by atoms with E-state index in [-0.39, 0.29) is 23.8 Å². The van der Waals surface area contributed by atoms with E-state index in [2.05, 4.69) is 10.2 Å². The van der Waals surface area contributed by atoms with Gasteiger partial charge in [0.05, 0.1) is 24.6 Å². The molecule has 0 saturated carbocycles. The predicted molar refractivity (Wildman–Crippen MR) is 123 cm³/mol. The number of ether oxygens (including phenoxy) is 1. The minimum Gasteiger partial charge on any atom is -0.495 e. The van der Waals surface area contributed by atoms with Gasteiger partial charge in [-0.15, -0.1) is 0 Å². The van der Waals surface area contributed by atoms with Crippen molar-refractivity contribution in [1.82, 2.24) is 4.90 Å². The van der Waals surface area contributed by atoms with E-state index in [4.69, 9.17) is 16.3 Å². The van der Waals surface area contributed by atoms with E-state index in [0.717, 1.165) is 35.2 Å². The van der Waals surface area contributed by atoms with Crippen LogP contribution < -0.4 is 15.0 Å². The molecule has 7 nitrogen and oxygen atoms in total. The van der Waals surface area contributed by atoms with E-state index in [0.29, 0.717) is 23.0 Å². The molecule has 1 N–H and O–H groups in total. The first-order valence-corrected chi connectivity index (χ1v) is 11.6. The van der Waals surface area contributed by atoms with Gasteiger partial charge >= 0.3 is 0 Å². The summed E-state index contributed by atoms with van der Waals surface area (Å²) in [6.45, 7) is 4.63. The number of amides is 3. The molecule has 4 aliphatic heterocycles. The molecule has 0 bridgehead atoms. The van der Waals surface area contributed by atoms with Crippen LogP contribution in [0.1, 0.15) is 29.5 Å². The van der Waals surface area contributed by atoms with Crippen molar-refractivity contribution in [1.29, 1.82) is 0 Å². The lowest BCUT2D eigenvalue weighted by atomic mass is 9.75. The van der Waals surface area contributed by atoms with E-state index in [1.807, 2.05) is 26.0 Å². The zero-order chi connectivity index (χ0) is 23.2. The van der Waals surface area contributed by atoms with Gasteiger partial charge in [0, 0.05) is 22.3 Å². The average molecular weight is 466 g/mol. The normalized spacial score (nSPS) is 30.1. The Morgan fingerprint density at radius 3 is 2.67 bits per heavy atom. The van der Waals surface area contributed by atoms with Gasteiger partial charge < -0.3 is 10.1 Å². The summed E-state index contributed by atoms with van der Waals surface area (Å²) in [5, 5.41) is 3.46. The average Bonchev–Trinajstić information content (AvgIpc) is 3.47. The Morgan fingerprint density at radius 2 is 1.91 bits per heavy atom. The first-order chi connectivity index (χ1) is 15.8. The van der Waals surface area contributed by atoms with E-state index in [1.54, 1.807) is 18.2 Å². The van der Waals surface area contributed by atoms with E-state index < -0.39 is 17.4 Å². The lowest BCUT2D eigenvalue weighted by Crippen LogP contribution is -2.54. The van der Waals surface area contributed by atoms with Gasteiger partial charge in [-0.05, 0) is 57.0 Å². The molecule has 6 rings (SSSR count). The number of hydrogen-bond acceptors (Lipinski definition) is 5. The summed E-state index contributed by atoms with van der Waals surface area (Å²) in [5.41, 5.74) is 2.69. The van der Waals surface area contributed by atoms with Gasteiger partial charge in [0.1, 0.15) is 11.3 Å². The topological polar surface area (TPSA) is 79.0 Å². The number of benzene rings is 2. The molecule has 33 heavy (non-hydrogen) atoms. The maximum absolute atomic E-state index is 14.1. The van der Waals surface area contributed by atoms with Crippen LogP contribution in [0.5, 0.6) is 5.75 Å². The zero-order valence-electron chi connectivity index (χ0n) is 18.6. The number of halogens is 1. The summed E-state index contributed by atoms with van der Waals surface area (Å²) in [5.74, 6) is -1.89. The Hall–Kier alpha value is -2.90. The van der Waals surface area contributed by atoms with Crippen LogP contribution in [0, 0.1) is 25.7 Å². The van der Waals surface area contributed by atoms with Crippen LogP contribution in [0.4, 0.5) is 11.4 Å². The molecule has 4 unspecified atom stereocenters. The third kappa shape index (κ3) is 2.41. The molecule has 0 aromatic heterocycles. The molecule has 0 radical (unpaired) electrons. The summed E-state index contributed by atoms with van der Waals surface area (Å²) < 4.78 is 5.45. The first-order valence-electron chi connectivity index (χ1n) is 11.2. The third-order valence-corrected chi connectivity index (χ3v) is 8.06. The van der Waals surface area contributed by atoms with Gasteiger partial charge in [-0.3, -0.25) is 19.3 Å². The molecule has 0 aliphatic carbocycles. The molecule has 4 atom stereocenters. The number of rotatable bonds is 2. The zero-order valence-corrected chi connectivity index (χ0v) is 19.4. The number of anilines is 2. The number of carbonyl (C=O) groups is 3. The molecule has 3 saturated heterocycles. The summed E-state index contributed by atoms with van der Waals surface area (Å²) in [4.78, 5) is 45.1. The fourth-order valence-electron chi connectivity index (χ4n) is 6.74. The smallest absolute Gasteiger partial charge is 0.250 e. The number of hydrogen-bond donors (Lipinski definition) is 1. The van der Waals surface area contributed by atoms with Crippen LogP contribution in [-0.4, -0.2) is 42.3 Å². The largest absolute Gasteiger partial charge is 0.495 e. The van der Waals surface area contributed by atoms with Crippen LogP contribution >= 0.6 is 11.6 Å². The van der Waals surface area contributed by atoms with Gasteiger partial charge in [-0.25, -0.2) is 4.90 Å². The molecule has 8 heteroatoms. The van der Waals surface area contributed by atoms with Crippen LogP contribution in [-0.2, 0) is 19.9 Å². The molecule has 2 aromatic rings. The number of carbonyl (C=O) groups excluding carboxylic acids is 3. The van der Waals surface area contributed by atoms with E-state index in [1.165, 1.54) is 12.0 Å². The number of methoxy groups -OCH3 is 1. The lowest BCUT2D eigenvalue weighted by molar-refractivity contribution is -0.135. The van der Waals surface area contributed by atoms with Crippen molar-refractivity contribution in [2.45, 2.75) is 38.3 Å². The highest BCUT2D eigenvalue weighted by molar-refractivity contribution is 6.32. The molecule has 1 spiro atoms. The molecular weight excluding hydrogens is 442 g/mol. The third-order valence-electron chi connectivity index (χ3n) is 7.82. The minimum absolute atomic E-state index is 0.167. The number of nitrogens with one attached hydrogen (secondary N) is 1. The summed E-state index contributed by atoms with van der Waals surface area (Å²) in [7, 11) is 1.49. The Balaban J connectivity index is 1.58. The van der Waals surface area contributed by atoms with Crippen LogP contribution in [0.2, 0.25) is 5.02 Å². The molecule has 3 amide bonds. The van der Waals surface area contributed by atoms with Gasteiger partial charge in [-0.2, -0.15) is 0 Å². The van der Waals surface area contributed by atoms with Crippen molar-refractivity contribution in [2.75, 3.05) is 23.9 Å². The van der Waals surface area contributed by atoms with Crippen LogP contribution in [0.25, 0.3) is 0 Å². The van der Waals surface area contributed by atoms with E-state index in [9.17, 15) is 14.4 Å². The summed E-state index contributed by atoms with van der Waals surface area (Å²) in [6.07, 6.45) is 1.65. The van der Waals surface area contributed by atoms with Gasteiger partial charge in [0.25, 0.3) is 0 Å². The second kappa shape index (κ2) is 6.81. The maximum atomic E-state index is 14.1. The number of imide groups is 1. The predicted octanol–water partition coefficient (Wildman–Crippen LogP) is 3.40. The highest BCUT2D eigenvalue weighted by atomic mass is 35.5. The quantitative estimate of drug-likeness (QED) is 0.688. The van der Waals surface area contributed by atoms with Crippen molar-refractivity contribution in [3.05, 3.63) is 52.0 Å². The van der Waals surface area contributed by atoms with Crippen molar-refractivity contribution >= 4 is 40.7 Å². The summed E-state index contributed by atoms with van der Waals surface area (Å²) in [6, 6.07) is 8.73. The van der Waals surface area contributed by atoms with Gasteiger partial charge in [-0.1, -0.05) is 29.3 Å². The molecule has 4 aliphatic rings. The molecule has 170 valence electrons. The van der Waals surface area contributed by atoms with Crippen LogP contribution in [0.3, 0.4) is 0 Å². The first kappa shape index (κ1) is 20.7. The minimum atomic E-state index is -1.19. The Labute approximate surface area is 196 Å². The number of aryl methyl sites for hydroxylation is 2. The number of nitrogens with zero attached hydrogens (tertiary/aromatic N) is 2. The van der Waals surface area contributed by atoms with Crippen molar-refractivity contribution in [3.63, 3.8) is 0 Å². The molecule has 4 heterocycles. The van der Waals surface area contributed by atoms with Gasteiger partial charge in [0.15, 0.2) is 0 Å². The Bertz CT molecular complexity index is 1260. The highest BCUT2D eigenvalue weighted by Crippen LogP contribution is 2.61. The van der Waals surface area contributed by atoms with Crippen LogP contribution in [0.15, 0.2) is 30.3 Å². The second-order valence-electron chi connectivity index (χ2n) is 9.46. The lowest BCUT2D eigenvalue weighted by Gasteiger charge is -2.37. The number of fused-ring (bicyclic) bond motifs is 7. The van der Waals surface area contributed by atoms with Crippen molar-refractivity contribution in [3.8, 4) is 5.75 Å². The fourth-order valence-corrected chi connectivity index (χ4v) is 6.90. The fraction of sp³-hybridized carbons (Fsp3) is 0.400. The molecular formula is C25H24ClN3O4. The highest BCUT2D eigenvalue weighted by Gasteiger charge is 2.74. The molecule has 3 fully saturated rings. The van der Waals surface area contributed by atoms with Crippen molar-refractivity contribution in [2.24, 2.45) is 11.8 Å². The maximum Gasteiger partial charge on any atom is 0.250 e. The summed E-state index contributed by atoms with van der Waals surface area (Å²) >= 11 is 6.23. The second-order valence-corrected chi connectivity index (χ2v) is 9.90. The van der Waals surface area contributed by atoms with E-state index >= 15 is 0 Å². The molecule has 2 aromatic carbocycles. The SMILES string of the molecule is COc1ccc(Cl)cc1N1C(=O)C2C3CCCN3C3(C(=O)Nc4c(C)cc(C)cc43)C2C1=O. The standard InChI is InChI=1S/C25H24ClN3O4/c1-12-9-13(2)21-15(10-12)25(24(32)27-21)20-19(16-5-4-8-28(16)25)22(30)29(23(20)31)17-11-14(26)6-7-18(17)33-3/h6-7,9-11,16,19-20H,4-5,8H2,1-3H3,(H,27,32). The Morgan fingerprint density at radius 1 is 1.12 bits per heavy atom.